The summed E-state index contributed by atoms with van der Waals surface area (Å²) < 4.78 is 13.6. The SMILES string of the molecule is C=C[C@H]1[C@H]2[C@H](C[C@H]3[C@@H]4CC[C@@H]5CC(CNC(=O)CC(=O)N6CCC(N7CCCCC7)CC6)CC[C@]5(C)[C@H]4CC[C@]23C)O[C@]12CC[C@H](C)CO2. The summed E-state index contributed by atoms with van der Waals surface area (Å²) in [5, 5.41) is 3.21. The molecular weight excluding hydrogens is 610 g/mol. The summed E-state index contributed by atoms with van der Waals surface area (Å²) in [7, 11) is 0. The summed E-state index contributed by atoms with van der Waals surface area (Å²) in [5.41, 5.74) is 0.715. The average Bonchev–Trinajstić information content (AvgIpc) is 3.58. The Hall–Kier alpha value is -1.44. The molecule has 4 aliphatic carbocycles. The van der Waals surface area contributed by atoms with Gasteiger partial charge < -0.3 is 24.6 Å². The second-order valence-corrected chi connectivity index (χ2v) is 19.0. The molecule has 7 heteroatoms. The van der Waals surface area contributed by atoms with Crippen molar-refractivity contribution in [3.05, 3.63) is 12.7 Å². The summed E-state index contributed by atoms with van der Waals surface area (Å²) >= 11 is 0. The van der Waals surface area contributed by atoms with Gasteiger partial charge in [-0.2, -0.15) is 0 Å². The van der Waals surface area contributed by atoms with Gasteiger partial charge in [0.15, 0.2) is 5.79 Å². The third-order valence-electron chi connectivity index (χ3n) is 16.6. The molecule has 0 aromatic carbocycles. The fourth-order valence-corrected chi connectivity index (χ4v) is 13.8. The zero-order valence-corrected chi connectivity index (χ0v) is 31.1. The third-order valence-corrected chi connectivity index (χ3v) is 16.6. The van der Waals surface area contributed by atoms with Crippen molar-refractivity contribution in [1.82, 2.24) is 15.1 Å². The average molecular weight is 678 g/mol. The Balaban J connectivity index is 0.825. The van der Waals surface area contributed by atoms with Gasteiger partial charge in [-0.25, -0.2) is 0 Å². The molecule has 1 unspecified atom stereocenters. The molecule has 4 aliphatic heterocycles. The molecule has 8 aliphatic rings. The van der Waals surface area contributed by atoms with Crippen LogP contribution in [-0.4, -0.2) is 78.9 Å². The summed E-state index contributed by atoms with van der Waals surface area (Å²) in [4.78, 5) is 30.6. The molecule has 0 radical (unpaired) electrons. The maximum atomic E-state index is 13.0. The normalized spacial score (nSPS) is 47.2. The number of hydrogen-bond acceptors (Lipinski definition) is 5. The van der Waals surface area contributed by atoms with E-state index in [-0.39, 0.29) is 18.2 Å². The van der Waals surface area contributed by atoms with E-state index in [1.165, 1.54) is 90.1 Å². The highest BCUT2D eigenvalue weighted by molar-refractivity contribution is 5.96. The van der Waals surface area contributed by atoms with E-state index in [9.17, 15) is 9.59 Å². The molecule has 4 saturated carbocycles. The molecule has 1 N–H and O–H groups in total. The van der Waals surface area contributed by atoms with E-state index in [1.807, 2.05) is 4.90 Å². The lowest BCUT2D eigenvalue weighted by molar-refractivity contribution is -0.269. The predicted molar refractivity (Wildman–Crippen MR) is 192 cm³/mol. The lowest BCUT2D eigenvalue weighted by Gasteiger charge is -2.61. The van der Waals surface area contributed by atoms with Gasteiger partial charge in [0.2, 0.25) is 11.8 Å². The number of carbonyl (C=O) groups excluding carboxylic acids is 2. The molecule has 0 aromatic rings. The minimum Gasteiger partial charge on any atom is -0.355 e. The molecule has 2 amide bonds. The third kappa shape index (κ3) is 6.06. The van der Waals surface area contributed by atoms with E-state index in [0.29, 0.717) is 46.6 Å². The molecule has 274 valence electrons. The van der Waals surface area contributed by atoms with Crippen molar-refractivity contribution in [3.63, 3.8) is 0 Å². The van der Waals surface area contributed by atoms with Crippen molar-refractivity contribution in [3.8, 4) is 0 Å². The first-order valence-corrected chi connectivity index (χ1v) is 20.9. The Kier molecular flexibility index (Phi) is 9.55. The lowest BCUT2D eigenvalue weighted by Crippen LogP contribution is -2.55. The highest BCUT2D eigenvalue weighted by atomic mass is 16.7. The fraction of sp³-hybridized carbons (Fsp3) is 0.905. The zero-order chi connectivity index (χ0) is 34.0. The Morgan fingerprint density at radius 1 is 0.878 bits per heavy atom. The Morgan fingerprint density at radius 3 is 2.39 bits per heavy atom. The lowest BCUT2D eigenvalue weighted by atomic mass is 9.44. The van der Waals surface area contributed by atoms with Crippen LogP contribution in [0.25, 0.3) is 0 Å². The molecule has 1 spiro atoms. The first kappa shape index (κ1) is 34.6. The van der Waals surface area contributed by atoms with E-state index in [4.69, 9.17) is 9.47 Å². The van der Waals surface area contributed by atoms with Gasteiger partial charge in [0, 0.05) is 43.9 Å². The number of fused-ring (bicyclic) bond motifs is 7. The second kappa shape index (κ2) is 13.5. The quantitative estimate of drug-likeness (QED) is 0.238. The maximum absolute atomic E-state index is 13.0. The van der Waals surface area contributed by atoms with Crippen molar-refractivity contribution in [2.75, 3.05) is 39.3 Å². The number of carbonyl (C=O) groups is 2. The molecule has 8 fully saturated rings. The Labute approximate surface area is 297 Å². The van der Waals surface area contributed by atoms with Gasteiger partial charge in [0.1, 0.15) is 6.42 Å². The molecule has 0 bridgehead atoms. The molecule has 8 rings (SSSR count). The number of amides is 2. The molecule has 12 atom stereocenters. The highest BCUT2D eigenvalue weighted by Crippen LogP contribution is 2.71. The van der Waals surface area contributed by atoms with E-state index in [0.717, 1.165) is 69.2 Å². The topological polar surface area (TPSA) is 71.1 Å². The van der Waals surface area contributed by atoms with Gasteiger partial charge in [-0.15, -0.1) is 6.58 Å². The van der Waals surface area contributed by atoms with Crippen LogP contribution < -0.4 is 5.32 Å². The number of hydrogen-bond donors (Lipinski definition) is 1. The highest BCUT2D eigenvalue weighted by Gasteiger charge is 2.69. The predicted octanol–water partition coefficient (Wildman–Crippen LogP) is 7.20. The van der Waals surface area contributed by atoms with E-state index < -0.39 is 5.79 Å². The fourth-order valence-electron chi connectivity index (χ4n) is 13.8. The standard InChI is InChI=1S/C42H67N3O4/c1-5-33-39-36(49-42(33)18-11-28(2)27-48-42)24-35-32-10-9-30-23-29(12-16-40(30,3)34(32)13-17-41(35,39)4)26-43-37(46)25-38(47)45-21-14-31(15-22-45)44-19-7-6-8-20-44/h5,28-36,39H,1,6-27H2,2-4H3,(H,43,46)/t28-,29?,30+,32+,33-,34-,35-,36-,39-,40-,41-,42+/m0/s1. The molecule has 7 nitrogen and oxygen atoms in total. The van der Waals surface area contributed by atoms with Gasteiger partial charge in [-0.3, -0.25) is 9.59 Å². The van der Waals surface area contributed by atoms with Crippen LogP contribution >= 0.6 is 0 Å². The number of nitrogens with zero attached hydrogens (tertiary/aromatic N) is 2. The summed E-state index contributed by atoms with van der Waals surface area (Å²) in [5.74, 6) is 4.60. The van der Waals surface area contributed by atoms with Crippen LogP contribution in [-0.2, 0) is 19.1 Å². The zero-order valence-electron chi connectivity index (χ0n) is 31.1. The number of rotatable bonds is 6. The van der Waals surface area contributed by atoms with Crippen molar-refractivity contribution in [1.29, 1.82) is 0 Å². The second-order valence-electron chi connectivity index (χ2n) is 19.0. The molecule has 4 heterocycles. The monoisotopic (exact) mass is 678 g/mol. The minimum atomic E-state index is -0.428. The van der Waals surface area contributed by atoms with Crippen molar-refractivity contribution < 1.29 is 19.1 Å². The van der Waals surface area contributed by atoms with Crippen LogP contribution in [0.2, 0.25) is 0 Å². The molecular formula is C42H67N3O4. The first-order valence-electron chi connectivity index (χ1n) is 20.9. The van der Waals surface area contributed by atoms with Crippen molar-refractivity contribution in [2.45, 2.75) is 141 Å². The Bertz CT molecular complexity index is 1230. The van der Waals surface area contributed by atoms with Crippen LogP contribution in [0.3, 0.4) is 0 Å². The summed E-state index contributed by atoms with van der Waals surface area (Å²) in [6, 6.07) is 0.618. The van der Waals surface area contributed by atoms with Crippen molar-refractivity contribution in [2.24, 2.45) is 58.2 Å². The van der Waals surface area contributed by atoms with Crippen LogP contribution in [0, 0.1) is 58.2 Å². The maximum Gasteiger partial charge on any atom is 0.232 e. The molecule has 0 aromatic heterocycles. The smallest absolute Gasteiger partial charge is 0.232 e. The van der Waals surface area contributed by atoms with E-state index >= 15 is 0 Å². The summed E-state index contributed by atoms with van der Waals surface area (Å²) in [6.07, 6.45) is 21.1. The minimum absolute atomic E-state index is 0.0108. The van der Waals surface area contributed by atoms with Gasteiger partial charge in [0.25, 0.3) is 0 Å². The van der Waals surface area contributed by atoms with E-state index in [2.05, 4.69) is 43.6 Å². The van der Waals surface area contributed by atoms with Crippen LogP contribution in [0.4, 0.5) is 0 Å². The first-order chi connectivity index (χ1) is 23.6. The van der Waals surface area contributed by atoms with Crippen LogP contribution in [0.5, 0.6) is 0 Å². The number of ether oxygens (including phenoxy) is 2. The van der Waals surface area contributed by atoms with Gasteiger partial charge in [0.05, 0.1) is 12.7 Å². The Morgan fingerprint density at radius 2 is 1.65 bits per heavy atom. The molecule has 4 saturated heterocycles. The van der Waals surface area contributed by atoms with Gasteiger partial charge in [-0.1, -0.05) is 33.3 Å². The molecule has 49 heavy (non-hydrogen) atoms. The van der Waals surface area contributed by atoms with Crippen LogP contribution in [0.1, 0.15) is 124 Å². The van der Waals surface area contributed by atoms with Gasteiger partial charge in [-0.05, 0) is 143 Å². The van der Waals surface area contributed by atoms with Gasteiger partial charge >= 0.3 is 0 Å². The largest absolute Gasteiger partial charge is 0.355 e. The van der Waals surface area contributed by atoms with Crippen molar-refractivity contribution >= 4 is 11.8 Å². The summed E-state index contributed by atoms with van der Waals surface area (Å²) in [6.45, 7) is 17.5. The number of likely N-dealkylation sites (tertiary alicyclic amines) is 2. The van der Waals surface area contributed by atoms with Crippen LogP contribution in [0.15, 0.2) is 12.7 Å². The number of nitrogens with one attached hydrogen (secondary N) is 1. The number of piperidine rings is 2. The van der Waals surface area contributed by atoms with E-state index in [1.54, 1.807) is 0 Å².